The molecular formula is C23H23ClF3N3O. The van der Waals surface area contributed by atoms with Gasteiger partial charge in [-0.05, 0) is 48.4 Å². The van der Waals surface area contributed by atoms with Crippen LogP contribution in [0.15, 0.2) is 55.1 Å². The molecule has 2 aromatic carbocycles. The van der Waals surface area contributed by atoms with Gasteiger partial charge in [-0.2, -0.15) is 13.2 Å². The van der Waals surface area contributed by atoms with Crippen LogP contribution in [0, 0.1) is 5.92 Å². The van der Waals surface area contributed by atoms with E-state index in [1.54, 1.807) is 6.08 Å². The number of nitrogens with zero attached hydrogens (tertiary/aromatic N) is 2. The van der Waals surface area contributed by atoms with Crippen molar-refractivity contribution < 1.29 is 18.0 Å². The summed E-state index contributed by atoms with van der Waals surface area (Å²) >= 11 is 6.15. The lowest BCUT2D eigenvalue weighted by molar-refractivity contribution is -0.137. The number of carbonyl (C=O) groups is 1. The normalized spacial score (nSPS) is 20.6. The van der Waals surface area contributed by atoms with Crippen LogP contribution in [0.1, 0.15) is 11.1 Å². The van der Waals surface area contributed by atoms with Crippen LogP contribution in [0.4, 0.5) is 24.5 Å². The van der Waals surface area contributed by atoms with Gasteiger partial charge in [-0.3, -0.25) is 4.79 Å². The van der Waals surface area contributed by atoms with E-state index in [1.807, 2.05) is 24.3 Å². The quantitative estimate of drug-likeness (QED) is 0.697. The average molecular weight is 450 g/mol. The highest BCUT2D eigenvalue weighted by Gasteiger charge is 2.42. The molecule has 8 heteroatoms. The van der Waals surface area contributed by atoms with Crippen LogP contribution in [0.2, 0.25) is 5.02 Å². The molecule has 2 aliphatic heterocycles. The summed E-state index contributed by atoms with van der Waals surface area (Å²) in [6.07, 6.45) is -2.57. The van der Waals surface area contributed by atoms with Crippen molar-refractivity contribution in [1.29, 1.82) is 0 Å². The lowest BCUT2D eigenvalue weighted by Gasteiger charge is -2.49. The molecule has 0 bridgehead atoms. The molecule has 164 valence electrons. The van der Waals surface area contributed by atoms with Gasteiger partial charge >= 0.3 is 6.18 Å². The van der Waals surface area contributed by atoms with Crippen LogP contribution in [-0.4, -0.2) is 38.1 Å². The number of amides is 1. The van der Waals surface area contributed by atoms with Gasteiger partial charge in [0.05, 0.1) is 17.5 Å². The van der Waals surface area contributed by atoms with Crippen molar-refractivity contribution in [2.24, 2.45) is 5.92 Å². The van der Waals surface area contributed by atoms with E-state index in [0.717, 1.165) is 17.4 Å². The van der Waals surface area contributed by atoms with Crippen molar-refractivity contribution >= 4 is 28.9 Å². The standard InChI is InChI=1S/C23H23ClF3N3O/c1-2-8-28-22(31)19-12-15-11-16(23(25,26)27)6-7-20(15)30-10-9-29(14-21(19)30)18-5-3-4-17(24)13-18/h2-7,11,13,19,21H,1,8-10,12,14H2,(H,28,31)/t19-,21-/m1/s1. The van der Waals surface area contributed by atoms with E-state index in [-0.39, 0.29) is 18.4 Å². The van der Waals surface area contributed by atoms with Crippen LogP contribution in [0.25, 0.3) is 0 Å². The second kappa shape index (κ2) is 8.46. The largest absolute Gasteiger partial charge is 0.416 e. The molecule has 0 saturated carbocycles. The zero-order valence-corrected chi connectivity index (χ0v) is 17.6. The Labute approximate surface area is 184 Å². The molecule has 0 radical (unpaired) electrons. The zero-order valence-electron chi connectivity index (χ0n) is 16.8. The minimum absolute atomic E-state index is 0.165. The monoisotopic (exact) mass is 449 g/mol. The van der Waals surface area contributed by atoms with Gasteiger partial charge in [0.1, 0.15) is 0 Å². The Bertz CT molecular complexity index is 994. The SMILES string of the molecule is C=CCNC(=O)[C@@H]1Cc2cc(C(F)(F)F)ccc2N2CCN(c3cccc(Cl)c3)C[C@H]12. The predicted molar refractivity (Wildman–Crippen MR) is 117 cm³/mol. The fourth-order valence-corrected chi connectivity index (χ4v) is 4.70. The Hall–Kier alpha value is -2.67. The molecule has 0 aromatic heterocycles. The van der Waals surface area contributed by atoms with Crippen molar-refractivity contribution in [3.63, 3.8) is 0 Å². The highest BCUT2D eigenvalue weighted by atomic mass is 35.5. The third-order valence-corrected chi connectivity index (χ3v) is 6.20. The molecule has 2 aromatic rings. The predicted octanol–water partition coefficient (Wildman–Crippen LogP) is 4.53. The van der Waals surface area contributed by atoms with Crippen LogP contribution in [0.3, 0.4) is 0 Å². The van der Waals surface area contributed by atoms with Crippen molar-refractivity contribution in [2.75, 3.05) is 36.0 Å². The first-order valence-electron chi connectivity index (χ1n) is 10.1. The highest BCUT2D eigenvalue weighted by Crippen LogP contribution is 2.40. The molecule has 0 aliphatic carbocycles. The smallest absolute Gasteiger partial charge is 0.368 e. The van der Waals surface area contributed by atoms with Gasteiger partial charge in [0.15, 0.2) is 0 Å². The first-order valence-corrected chi connectivity index (χ1v) is 10.5. The summed E-state index contributed by atoms with van der Waals surface area (Å²) in [5.41, 5.74) is 1.61. The molecule has 1 N–H and O–H groups in total. The lowest BCUT2D eigenvalue weighted by atomic mass is 9.82. The van der Waals surface area contributed by atoms with E-state index < -0.39 is 17.7 Å². The first kappa shape index (κ1) is 21.6. The number of hydrogen-bond acceptors (Lipinski definition) is 3. The molecule has 1 saturated heterocycles. The van der Waals surface area contributed by atoms with E-state index in [9.17, 15) is 18.0 Å². The van der Waals surface area contributed by atoms with Crippen molar-refractivity contribution in [1.82, 2.24) is 5.32 Å². The highest BCUT2D eigenvalue weighted by molar-refractivity contribution is 6.30. The van der Waals surface area contributed by atoms with Gasteiger partial charge in [-0.25, -0.2) is 0 Å². The Kier molecular flexibility index (Phi) is 5.88. The number of benzene rings is 2. The van der Waals surface area contributed by atoms with Gasteiger partial charge in [0.2, 0.25) is 5.91 Å². The Morgan fingerprint density at radius 1 is 1.23 bits per heavy atom. The molecular weight excluding hydrogens is 427 g/mol. The van der Waals surface area contributed by atoms with Gasteiger partial charge in [0.25, 0.3) is 0 Å². The summed E-state index contributed by atoms with van der Waals surface area (Å²) in [5.74, 6) is -0.649. The molecule has 2 heterocycles. The average Bonchev–Trinajstić information content (AvgIpc) is 2.75. The van der Waals surface area contributed by atoms with Crippen LogP contribution < -0.4 is 15.1 Å². The first-order chi connectivity index (χ1) is 14.8. The molecule has 1 amide bonds. The maximum absolute atomic E-state index is 13.3. The Morgan fingerprint density at radius 2 is 2.03 bits per heavy atom. The second-order valence-electron chi connectivity index (χ2n) is 7.87. The summed E-state index contributed by atoms with van der Waals surface area (Å²) in [7, 11) is 0. The molecule has 2 atom stereocenters. The number of anilines is 2. The fourth-order valence-electron chi connectivity index (χ4n) is 4.51. The Balaban J connectivity index is 1.68. The van der Waals surface area contributed by atoms with Crippen molar-refractivity contribution in [2.45, 2.75) is 18.6 Å². The third kappa shape index (κ3) is 4.37. The number of halogens is 4. The number of hydrogen-bond donors (Lipinski definition) is 1. The van der Waals surface area contributed by atoms with Gasteiger partial charge in [0, 0.05) is 42.6 Å². The van der Waals surface area contributed by atoms with Crippen LogP contribution in [-0.2, 0) is 17.4 Å². The van der Waals surface area contributed by atoms with Gasteiger partial charge in [-0.15, -0.1) is 6.58 Å². The van der Waals surface area contributed by atoms with E-state index >= 15 is 0 Å². The molecule has 1 fully saturated rings. The van der Waals surface area contributed by atoms with E-state index in [1.165, 1.54) is 12.1 Å². The topological polar surface area (TPSA) is 35.6 Å². The summed E-state index contributed by atoms with van der Waals surface area (Å²) in [6, 6.07) is 11.2. The van der Waals surface area contributed by atoms with Crippen molar-refractivity contribution in [3.8, 4) is 0 Å². The van der Waals surface area contributed by atoms with Crippen LogP contribution >= 0.6 is 11.6 Å². The summed E-state index contributed by atoms with van der Waals surface area (Å²) in [4.78, 5) is 17.2. The minimum atomic E-state index is -4.42. The molecule has 31 heavy (non-hydrogen) atoms. The number of rotatable bonds is 4. The number of alkyl halides is 3. The zero-order chi connectivity index (χ0) is 22.2. The molecule has 0 spiro atoms. The molecule has 2 aliphatic rings. The van der Waals surface area contributed by atoms with E-state index in [2.05, 4.69) is 21.7 Å². The van der Waals surface area contributed by atoms with Gasteiger partial charge in [-0.1, -0.05) is 23.7 Å². The van der Waals surface area contributed by atoms with Crippen molar-refractivity contribution in [3.05, 3.63) is 71.3 Å². The minimum Gasteiger partial charge on any atom is -0.368 e. The summed E-state index contributed by atoms with van der Waals surface area (Å²) < 4.78 is 39.8. The second-order valence-corrected chi connectivity index (χ2v) is 8.31. The van der Waals surface area contributed by atoms with Gasteiger partial charge < -0.3 is 15.1 Å². The third-order valence-electron chi connectivity index (χ3n) is 5.97. The number of fused-ring (bicyclic) bond motifs is 3. The maximum atomic E-state index is 13.3. The Morgan fingerprint density at radius 3 is 2.74 bits per heavy atom. The van der Waals surface area contributed by atoms with E-state index in [4.69, 9.17) is 11.6 Å². The fraction of sp³-hybridized carbons (Fsp3) is 0.348. The number of carbonyl (C=O) groups excluding carboxylic acids is 1. The molecule has 4 nitrogen and oxygen atoms in total. The lowest BCUT2D eigenvalue weighted by Crippen LogP contribution is -2.61. The molecule has 0 unspecified atom stereocenters. The number of piperazine rings is 1. The number of nitrogens with one attached hydrogen (secondary N) is 1. The molecule has 4 rings (SSSR count). The maximum Gasteiger partial charge on any atom is 0.416 e. The summed E-state index contributed by atoms with van der Waals surface area (Å²) in [5, 5.41) is 3.46. The summed E-state index contributed by atoms with van der Waals surface area (Å²) in [6.45, 7) is 5.79. The van der Waals surface area contributed by atoms with Crippen LogP contribution in [0.5, 0.6) is 0 Å². The van der Waals surface area contributed by atoms with E-state index in [0.29, 0.717) is 36.8 Å².